The Labute approximate surface area is 118 Å². The van der Waals surface area contributed by atoms with Crippen LogP contribution in [0.1, 0.15) is 37.0 Å². The normalized spacial score (nSPS) is 19.1. The maximum Gasteiger partial charge on any atom is 0.232 e. The zero-order chi connectivity index (χ0) is 14.0. The van der Waals surface area contributed by atoms with Crippen LogP contribution in [0.3, 0.4) is 0 Å². The lowest BCUT2D eigenvalue weighted by molar-refractivity contribution is 0.137. The van der Waals surface area contributed by atoms with Crippen LogP contribution in [0.25, 0.3) is 0 Å². The number of aromatic nitrogens is 4. The molecule has 0 amide bonds. The number of aryl methyl sites for hydroxylation is 1. The predicted molar refractivity (Wildman–Crippen MR) is 72.9 cm³/mol. The van der Waals surface area contributed by atoms with Gasteiger partial charge in [0.05, 0.1) is 0 Å². The molecule has 6 heteroatoms. The molecule has 3 heterocycles. The molecule has 0 atom stereocenters. The van der Waals surface area contributed by atoms with E-state index in [-0.39, 0.29) is 5.41 Å². The molecule has 1 aliphatic rings. The van der Waals surface area contributed by atoms with E-state index in [2.05, 4.69) is 31.9 Å². The average Bonchev–Trinajstić information content (AvgIpc) is 2.90. The molecular weight excluding hydrogens is 254 g/mol. The third kappa shape index (κ3) is 2.70. The fraction of sp³-hybridized carbons (Fsp3) is 0.571. The smallest absolute Gasteiger partial charge is 0.232 e. The lowest BCUT2D eigenvalue weighted by Crippen LogP contribution is -2.40. The molecule has 0 aliphatic carbocycles. The van der Waals surface area contributed by atoms with E-state index in [1.807, 2.05) is 19.3 Å². The van der Waals surface area contributed by atoms with Crippen molar-refractivity contribution < 1.29 is 4.52 Å². The second-order valence-corrected chi connectivity index (χ2v) is 5.73. The fourth-order valence-electron chi connectivity index (χ4n) is 2.63. The lowest BCUT2D eigenvalue weighted by Gasteiger charge is -2.36. The summed E-state index contributed by atoms with van der Waals surface area (Å²) >= 11 is 0. The number of nitrogens with zero attached hydrogens (tertiary/aromatic N) is 5. The quantitative estimate of drug-likeness (QED) is 0.848. The van der Waals surface area contributed by atoms with Gasteiger partial charge < -0.3 is 4.52 Å². The first kappa shape index (κ1) is 13.2. The van der Waals surface area contributed by atoms with Crippen LogP contribution in [-0.2, 0) is 12.0 Å². The van der Waals surface area contributed by atoms with Crippen LogP contribution in [0, 0.1) is 6.92 Å². The monoisotopic (exact) mass is 273 g/mol. The minimum atomic E-state index is 0.00491. The van der Waals surface area contributed by atoms with Crippen LogP contribution in [0.2, 0.25) is 0 Å². The summed E-state index contributed by atoms with van der Waals surface area (Å²) in [5.74, 6) is 1.49. The van der Waals surface area contributed by atoms with Gasteiger partial charge in [-0.1, -0.05) is 12.1 Å². The van der Waals surface area contributed by atoms with Gasteiger partial charge in [-0.3, -0.25) is 4.90 Å². The molecule has 2 aromatic heterocycles. The third-order valence-electron chi connectivity index (χ3n) is 4.02. The van der Waals surface area contributed by atoms with E-state index in [4.69, 9.17) is 4.52 Å². The van der Waals surface area contributed by atoms with E-state index in [0.717, 1.165) is 43.9 Å². The minimum Gasteiger partial charge on any atom is -0.339 e. The molecule has 2 aromatic rings. The predicted octanol–water partition coefficient (Wildman–Crippen LogP) is 1.72. The van der Waals surface area contributed by atoms with Gasteiger partial charge in [-0.05, 0) is 32.9 Å². The van der Waals surface area contributed by atoms with Crippen molar-refractivity contribution in [3.05, 3.63) is 36.0 Å². The van der Waals surface area contributed by atoms with Gasteiger partial charge in [-0.25, -0.2) is 9.97 Å². The van der Waals surface area contributed by atoms with Crippen molar-refractivity contribution in [2.75, 3.05) is 13.1 Å². The molecule has 0 unspecified atom stereocenters. The molecular formula is C14H19N5O. The highest BCUT2D eigenvalue weighted by atomic mass is 16.5. The fourth-order valence-corrected chi connectivity index (χ4v) is 2.63. The summed E-state index contributed by atoms with van der Waals surface area (Å²) in [6.07, 6.45) is 7.38. The number of rotatable bonds is 3. The van der Waals surface area contributed by atoms with Crippen LogP contribution in [-0.4, -0.2) is 38.1 Å². The highest BCUT2D eigenvalue weighted by Gasteiger charge is 2.36. The molecule has 0 bridgehead atoms. The summed E-state index contributed by atoms with van der Waals surface area (Å²) in [6, 6.07) is 0. The average molecular weight is 273 g/mol. The summed E-state index contributed by atoms with van der Waals surface area (Å²) in [6.45, 7) is 7.02. The zero-order valence-corrected chi connectivity index (χ0v) is 11.9. The second-order valence-electron chi connectivity index (χ2n) is 5.73. The van der Waals surface area contributed by atoms with Crippen molar-refractivity contribution in [3.63, 3.8) is 0 Å². The highest BCUT2D eigenvalue weighted by molar-refractivity contribution is 5.07. The number of hydrogen-bond acceptors (Lipinski definition) is 6. The van der Waals surface area contributed by atoms with Gasteiger partial charge in [0.1, 0.15) is 6.33 Å². The van der Waals surface area contributed by atoms with E-state index >= 15 is 0 Å². The van der Waals surface area contributed by atoms with E-state index in [1.165, 1.54) is 0 Å². The van der Waals surface area contributed by atoms with Gasteiger partial charge in [0, 0.05) is 29.9 Å². The molecule has 1 saturated heterocycles. The summed E-state index contributed by atoms with van der Waals surface area (Å²) in [5, 5.41) is 3.91. The summed E-state index contributed by atoms with van der Waals surface area (Å²) in [7, 11) is 0. The molecule has 1 aliphatic heterocycles. The molecule has 106 valence electrons. The van der Waals surface area contributed by atoms with E-state index in [0.29, 0.717) is 5.82 Å². The van der Waals surface area contributed by atoms with Gasteiger partial charge in [0.25, 0.3) is 0 Å². The summed E-state index contributed by atoms with van der Waals surface area (Å²) in [5.41, 5.74) is 1.16. The van der Waals surface area contributed by atoms with Crippen LogP contribution >= 0.6 is 0 Å². The van der Waals surface area contributed by atoms with Crippen LogP contribution in [0.4, 0.5) is 0 Å². The molecule has 0 spiro atoms. The molecule has 20 heavy (non-hydrogen) atoms. The van der Waals surface area contributed by atoms with Crippen molar-refractivity contribution in [3.8, 4) is 0 Å². The molecule has 3 rings (SSSR count). The molecule has 0 N–H and O–H groups in total. The zero-order valence-electron chi connectivity index (χ0n) is 11.9. The largest absolute Gasteiger partial charge is 0.339 e. The van der Waals surface area contributed by atoms with Gasteiger partial charge in [0.15, 0.2) is 5.82 Å². The maximum atomic E-state index is 5.36. The Morgan fingerprint density at radius 3 is 2.55 bits per heavy atom. The number of piperidine rings is 1. The molecule has 0 aromatic carbocycles. The van der Waals surface area contributed by atoms with Crippen molar-refractivity contribution in [2.24, 2.45) is 0 Å². The van der Waals surface area contributed by atoms with Crippen molar-refractivity contribution in [2.45, 2.75) is 38.6 Å². The van der Waals surface area contributed by atoms with Crippen LogP contribution in [0.15, 0.2) is 23.2 Å². The lowest BCUT2D eigenvalue weighted by atomic mass is 9.80. The molecule has 1 fully saturated rings. The third-order valence-corrected chi connectivity index (χ3v) is 4.02. The first-order valence-corrected chi connectivity index (χ1v) is 6.93. The SMILES string of the molecule is Cc1noc(C2(C)CCN(Cc3cncnc3)CC2)n1. The first-order chi connectivity index (χ1) is 9.66. The van der Waals surface area contributed by atoms with E-state index < -0.39 is 0 Å². The molecule has 0 radical (unpaired) electrons. The van der Waals surface area contributed by atoms with Crippen molar-refractivity contribution >= 4 is 0 Å². The number of hydrogen-bond donors (Lipinski definition) is 0. The summed E-state index contributed by atoms with van der Waals surface area (Å²) < 4.78 is 5.36. The van der Waals surface area contributed by atoms with Crippen LogP contribution in [0.5, 0.6) is 0 Å². The van der Waals surface area contributed by atoms with Crippen molar-refractivity contribution in [1.82, 2.24) is 25.0 Å². The first-order valence-electron chi connectivity index (χ1n) is 6.93. The van der Waals surface area contributed by atoms with E-state index in [1.54, 1.807) is 6.33 Å². The van der Waals surface area contributed by atoms with Gasteiger partial charge in [-0.15, -0.1) is 0 Å². The summed E-state index contributed by atoms with van der Waals surface area (Å²) in [4.78, 5) is 14.9. The minimum absolute atomic E-state index is 0.00491. The number of likely N-dealkylation sites (tertiary alicyclic amines) is 1. The van der Waals surface area contributed by atoms with Gasteiger partial charge >= 0.3 is 0 Å². The second kappa shape index (κ2) is 5.28. The Balaban J connectivity index is 1.62. The van der Waals surface area contributed by atoms with Gasteiger partial charge in [-0.2, -0.15) is 4.98 Å². The highest BCUT2D eigenvalue weighted by Crippen LogP contribution is 2.34. The van der Waals surface area contributed by atoms with Crippen molar-refractivity contribution in [1.29, 1.82) is 0 Å². The van der Waals surface area contributed by atoms with E-state index in [9.17, 15) is 0 Å². The Morgan fingerprint density at radius 2 is 1.95 bits per heavy atom. The maximum absolute atomic E-state index is 5.36. The Bertz CT molecular complexity index is 560. The molecule has 0 saturated carbocycles. The standard InChI is InChI=1S/C14H19N5O/c1-11-17-13(20-18-11)14(2)3-5-19(6-4-14)9-12-7-15-10-16-8-12/h7-8,10H,3-6,9H2,1-2H3. The Hall–Kier alpha value is -1.82. The Kier molecular flexibility index (Phi) is 3.48. The Morgan fingerprint density at radius 1 is 1.25 bits per heavy atom. The topological polar surface area (TPSA) is 67.9 Å². The molecule has 6 nitrogen and oxygen atoms in total. The van der Waals surface area contributed by atoms with Gasteiger partial charge in [0.2, 0.25) is 5.89 Å². The van der Waals surface area contributed by atoms with Crippen LogP contribution < -0.4 is 0 Å².